The summed E-state index contributed by atoms with van der Waals surface area (Å²) in [5.41, 5.74) is 2.47. The first-order valence-corrected chi connectivity index (χ1v) is 9.39. The fourth-order valence-electron chi connectivity index (χ4n) is 3.21. The Bertz CT molecular complexity index is 985. The molecule has 6 heteroatoms. The first-order valence-electron chi connectivity index (χ1n) is 7.76. The van der Waals surface area contributed by atoms with Gasteiger partial charge in [0.1, 0.15) is 17.0 Å². The highest BCUT2D eigenvalue weighted by Gasteiger charge is 2.20. The standard InChI is InChI=1S/C17H14N4S2/c1-3-7-12-10(5-1)14-15(18-9-19-16(14)22-12)21-17-20-11-6-2-4-8-13(11)23-17/h2,4,6,8-9H,1,3,5,7H2,(H,18,19,20,21). The number of nitrogens with zero attached hydrogens (tertiary/aromatic N) is 3. The van der Waals surface area contributed by atoms with Crippen molar-refractivity contribution in [3.63, 3.8) is 0 Å². The van der Waals surface area contributed by atoms with Crippen molar-refractivity contribution in [3.8, 4) is 0 Å². The van der Waals surface area contributed by atoms with E-state index in [0.717, 1.165) is 27.7 Å². The van der Waals surface area contributed by atoms with Crippen LogP contribution in [0.5, 0.6) is 0 Å². The molecule has 0 fully saturated rings. The molecule has 0 spiro atoms. The lowest BCUT2D eigenvalue weighted by molar-refractivity contribution is 0.700. The number of para-hydroxylation sites is 1. The van der Waals surface area contributed by atoms with Gasteiger partial charge in [0.2, 0.25) is 0 Å². The Morgan fingerprint density at radius 2 is 1.91 bits per heavy atom. The molecule has 0 atom stereocenters. The van der Waals surface area contributed by atoms with E-state index in [-0.39, 0.29) is 0 Å². The van der Waals surface area contributed by atoms with E-state index in [0.29, 0.717) is 0 Å². The van der Waals surface area contributed by atoms with Crippen molar-refractivity contribution >= 4 is 54.1 Å². The summed E-state index contributed by atoms with van der Waals surface area (Å²) < 4.78 is 1.19. The first-order chi connectivity index (χ1) is 11.4. The van der Waals surface area contributed by atoms with Crippen molar-refractivity contribution in [2.24, 2.45) is 0 Å². The second-order valence-corrected chi connectivity index (χ2v) is 7.84. The lowest BCUT2D eigenvalue weighted by Gasteiger charge is -2.11. The summed E-state index contributed by atoms with van der Waals surface area (Å²) in [6.07, 6.45) is 6.51. The van der Waals surface area contributed by atoms with Crippen LogP contribution >= 0.6 is 22.7 Å². The molecule has 0 saturated heterocycles. The van der Waals surface area contributed by atoms with E-state index < -0.39 is 0 Å². The number of thiophene rings is 1. The van der Waals surface area contributed by atoms with Crippen molar-refractivity contribution in [1.29, 1.82) is 0 Å². The maximum Gasteiger partial charge on any atom is 0.189 e. The van der Waals surface area contributed by atoms with Crippen molar-refractivity contribution in [1.82, 2.24) is 15.0 Å². The highest BCUT2D eigenvalue weighted by Crippen LogP contribution is 2.39. The number of fused-ring (bicyclic) bond motifs is 4. The van der Waals surface area contributed by atoms with Gasteiger partial charge in [0.05, 0.1) is 15.6 Å². The number of aromatic nitrogens is 3. The molecule has 3 aromatic heterocycles. The lowest BCUT2D eigenvalue weighted by Crippen LogP contribution is -2.00. The zero-order valence-electron chi connectivity index (χ0n) is 12.4. The van der Waals surface area contributed by atoms with Gasteiger partial charge in [-0.05, 0) is 43.4 Å². The molecule has 5 rings (SSSR count). The highest BCUT2D eigenvalue weighted by atomic mass is 32.1. The van der Waals surface area contributed by atoms with Crippen LogP contribution in [-0.2, 0) is 12.8 Å². The van der Waals surface area contributed by atoms with Crippen LogP contribution in [0.15, 0.2) is 30.6 Å². The molecule has 0 amide bonds. The number of benzene rings is 1. The molecule has 4 nitrogen and oxygen atoms in total. The fraction of sp³-hybridized carbons (Fsp3) is 0.235. The van der Waals surface area contributed by atoms with E-state index >= 15 is 0 Å². The molecular formula is C17H14N4S2. The average Bonchev–Trinajstić information content (AvgIpc) is 3.15. The molecule has 1 aliphatic carbocycles. The Labute approximate surface area is 141 Å². The number of thiazole rings is 1. The van der Waals surface area contributed by atoms with Crippen LogP contribution < -0.4 is 5.32 Å². The topological polar surface area (TPSA) is 50.7 Å². The van der Waals surface area contributed by atoms with Crippen LogP contribution in [0.3, 0.4) is 0 Å². The number of aryl methyl sites for hydroxylation is 2. The van der Waals surface area contributed by atoms with E-state index in [1.54, 1.807) is 17.7 Å². The minimum Gasteiger partial charge on any atom is -0.316 e. The summed E-state index contributed by atoms with van der Waals surface area (Å²) in [6, 6.07) is 8.20. The van der Waals surface area contributed by atoms with Gasteiger partial charge in [-0.3, -0.25) is 0 Å². The summed E-state index contributed by atoms with van der Waals surface area (Å²) in [5.74, 6) is 0.897. The second kappa shape index (κ2) is 5.25. The summed E-state index contributed by atoms with van der Waals surface area (Å²) in [7, 11) is 0. The molecular weight excluding hydrogens is 324 g/mol. The van der Waals surface area contributed by atoms with E-state index in [1.807, 2.05) is 29.5 Å². The number of hydrogen-bond acceptors (Lipinski definition) is 6. The van der Waals surface area contributed by atoms with E-state index in [9.17, 15) is 0 Å². The summed E-state index contributed by atoms with van der Waals surface area (Å²) >= 11 is 3.48. The monoisotopic (exact) mass is 338 g/mol. The number of hydrogen-bond donors (Lipinski definition) is 1. The van der Waals surface area contributed by atoms with Gasteiger partial charge < -0.3 is 5.32 Å². The van der Waals surface area contributed by atoms with Crippen molar-refractivity contribution in [2.45, 2.75) is 25.7 Å². The van der Waals surface area contributed by atoms with Gasteiger partial charge in [0.15, 0.2) is 5.13 Å². The maximum atomic E-state index is 4.66. The van der Waals surface area contributed by atoms with Gasteiger partial charge in [-0.25, -0.2) is 15.0 Å². The summed E-state index contributed by atoms with van der Waals surface area (Å²) in [4.78, 5) is 16.2. The normalized spacial score (nSPS) is 14.3. The molecule has 0 bridgehead atoms. The van der Waals surface area contributed by atoms with Gasteiger partial charge in [-0.1, -0.05) is 23.5 Å². The molecule has 1 aliphatic rings. The predicted octanol–water partition coefficient (Wildman–Crippen LogP) is 4.92. The van der Waals surface area contributed by atoms with E-state index in [4.69, 9.17) is 0 Å². The van der Waals surface area contributed by atoms with Gasteiger partial charge in [-0.15, -0.1) is 11.3 Å². The maximum absolute atomic E-state index is 4.66. The zero-order chi connectivity index (χ0) is 15.2. The SMILES string of the molecule is c1ccc2sc(Nc3ncnc4sc5c(c34)CCCC5)nc2c1. The van der Waals surface area contributed by atoms with Gasteiger partial charge in [0, 0.05) is 4.88 Å². The minimum atomic E-state index is 0.891. The third-order valence-corrected chi connectivity index (χ3v) is 6.42. The molecule has 4 aromatic rings. The molecule has 0 radical (unpaired) electrons. The van der Waals surface area contributed by atoms with Crippen molar-refractivity contribution < 1.29 is 0 Å². The summed E-state index contributed by atoms with van der Waals surface area (Å²) in [6.45, 7) is 0. The number of nitrogens with one attached hydrogen (secondary N) is 1. The molecule has 0 saturated carbocycles. The van der Waals surface area contributed by atoms with Crippen LogP contribution in [0.1, 0.15) is 23.3 Å². The Balaban J connectivity index is 1.63. The first kappa shape index (κ1) is 13.4. The largest absolute Gasteiger partial charge is 0.316 e. The fourth-order valence-corrected chi connectivity index (χ4v) is 5.31. The minimum absolute atomic E-state index is 0.891. The number of rotatable bonds is 2. The van der Waals surface area contributed by atoms with Crippen molar-refractivity contribution in [2.75, 3.05) is 5.32 Å². The van der Waals surface area contributed by atoms with Crippen molar-refractivity contribution in [3.05, 3.63) is 41.0 Å². The Morgan fingerprint density at radius 3 is 2.87 bits per heavy atom. The summed E-state index contributed by atoms with van der Waals surface area (Å²) in [5, 5.41) is 5.53. The quantitative estimate of drug-likeness (QED) is 0.563. The zero-order valence-corrected chi connectivity index (χ0v) is 14.0. The Hall–Kier alpha value is -2.05. The molecule has 0 unspecified atom stereocenters. The third-order valence-electron chi connectivity index (χ3n) is 4.27. The molecule has 1 aromatic carbocycles. The second-order valence-electron chi connectivity index (χ2n) is 5.73. The van der Waals surface area contributed by atoms with Crippen LogP contribution in [-0.4, -0.2) is 15.0 Å². The van der Waals surface area contributed by atoms with E-state index in [1.165, 1.54) is 39.8 Å². The molecule has 3 heterocycles. The van der Waals surface area contributed by atoms with Gasteiger partial charge in [0.25, 0.3) is 0 Å². The van der Waals surface area contributed by atoms with Gasteiger partial charge in [-0.2, -0.15) is 0 Å². The predicted molar refractivity (Wildman–Crippen MR) is 97.0 cm³/mol. The third kappa shape index (κ3) is 2.21. The average molecular weight is 338 g/mol. The van der Waals surface area contributed by atoms with Gasteiger partial charge >= 0.3 is 0 Å². The van der Waals surface area contributed by atoms with Crippen LogP contribution in [0.25, 0.3) is 20.4 Å². The molecule has 114 valence electrons. The Kier molecular flexibility index (Phi) is 3.06. The molecule has 0 aliphatic heterocycles. The molecule has 1 N–H and O–H groups in total. The van der Waals surface area contributed by atoms with Crippen LogP contribution in [0.4, 0.5) is 10.9 Å². The number of anilines is 2. The lowest BCUT2D eigenvalue weighted by atomic mass is 9.97. The highest BCUT2D eigenvalue weighted by molar-refractivity contribution is 7.22. The smallest absolute Gasteiger partial charge is 0.189 e. The van der Waals surface area contributed by atoms with Crippen LogP contribution in [0, 0.1) is 0 Å². The van der Waals surface area contributed by atoms with Crippen LogP contribution in [0.2, 0.25) is 0 Å². The Morgan fingerprint density at radius 1 is 1.00 bits per heavy atom. The molecule has 23 heavy (non-hydrogen) atoms. The van der Waals surface area contributed by atoms with E-state index in [2.05, 4.69) is 26.3 Å².